The summed E-state index contributed by atoms with van der Waals surface area (Å²) in [5.41, 5.74) is 0. The van der Waals surface area contributed by atoms with Gasteiger partial charge < -0.3 is 5.11 Å². The second kappa shape index (κ2) is 4.49. The number of carboxylic acid groups (broad SMARTS) is 1. The Balaban J connectivity index is 2.56. The van der Waals surface area contributed by atoms with E-state index in [1.54, 1.807) is 6.92 Å². The van der Waals surface area contributed by atoms with Gasteiger partial charge in [-0.05, 0) is 6.92 Å². The Morgan fingerprint density at radius 1 is 1.60 bits per heavy atom. The summed E-state index contributed by atoms with van der Waals surface area (Å²) in [6, 6.07) is -0.0782. The van der Waals surface area contributed by atoms with Gasteiger partial charge in [0.15, 0.2) is 9.84 Å². The molecule has 15 heavy (non-hydrogen) atoms. The zero-order chi connectivity index (χ0) is 11.6. The summed E-state index contributed by atoms with van der Waals surface area (Å²) in [4.78, 5) is 12.6. The van der Waals surface area contributed by atoms with Crippen LogP contribution in [0.5, 0.6) is 0 Å². The van der Waals surface area contributed by atoms with E-state index in [1.807, 2.05) is 11.8 Å². The van der Waals surface area contributed by atoms with Crippen LogP contribution < -0.4 is 0 Å². The van der Waals surface area contributed by atoms with Crippen molar-refractivity contribution in [1.29, 1.82) is 0 Å². The van der Waals surface area contributed by atoms with E-state index in [9.17, 15) is 13.2 Å². The fourth-order valence-corrected chi connectivity index (χ4v) is 3.36. The summed E-state index contributed by atoms with van der Waals surface area (Å²) in [5.74, 6) is -1.01. The normalized spacial score (nSPS) is 28.5. The fourth-order valence-electron chi connectivity index (χ4n) is 1.73. The molecular formula is C9H17NO4S. The van der Waals surface area contributed by atoms with E-state index in [2.05, 4.69) is 0 Å². The van der Waals surface area contributed by atoms with E-state index in [1.165, 1.54) is 0 Å². The first kappa shape index (κ1) is 12.4. The average Bonchev–Trinajstić information content (AvgIpc) is 2.08. The molecule has 2 unspecified atom stereocenters. The minimum absolute atomic E-state index is 0.0782. The smallest absolute Gasteiger partial charge is 0.307 e. The van der Waals surface area contributed by atoms with Gasteiger partial charge in [-0.1, -0.05) is 6.92 Å². The molecule has 1 aliphatic rings. The number of carboxylic acids is 1. The van der Waals surface area contributed by atoms with Crippen LogP contribution >= 0.6 is 0 Å². The molecule has 1 aliphatic heterocycles. The van der Waals surface area contributed by atoms with Crippen molar-refractivity contribution >= 4 is 15.8 Å². The Labute approximate surface area is 90.0 Å². The molecule has 2 atom stereocenters. The molecule has 0 radical (unpaired) electrons. The SMILES string of the molecule is CC(CN1CCS(=O)(=O)CC1C)C(=O)O. The number of rotatable bonds is 3. The van der Waals surface area contributed by atoms with Gasteiger partial charge in [0.25, 0.3) is 0 Å². The number of carbonyl (C=O) groups is 1. The molecule has 88 valence electrons. The molecule has 1 rings (SSSR count). The maximum atomic E-state index is 11.3. The average molecular weight is 235 g/mol. The van der Waals surface area contributed by atoms with Gasteiger partial charge >= 0.3 is 5.97 Å². The Morgan fingerprint density at radius 3 is 2.67 bits per heavy atom. The molecule has 6 heteroatoms. The van der Waals surface area contributed by atoms with Crippen molar-refractivity contribution in [2.24, 2.45) is 5.92 Å². The molecule has 1 saturated heterocycles. The summed E-state index contributed by atoms with van der Waals surface area (Å²) in [7, 11) is -2.91. The van der Waals surface area contributed by atoms with Gasteiger partial charge in [0, 0.05) is 19.1 Å². The molecule has 0 amide bonds. The van der Waals surface area contributed by atoms with Gasteiger partial charge in [-0.25, -0.2) is 8.42 Å². The van der Waals surface area contributed by atoms with E-state index in [-0.39, 0.29) is 17.5 Å². The van der Waals surface area contributed by atoms with Gasteiger partial charge in [-0.15, -0.1) is 0 Å². The van der Waals surface area contributed by atoms with Crippen molar-refractivity contribution in [3.63, 3.8) is 0 Å². The topological polar surface area (TPSA) is 74.7 Å². The Hall–Kier alpha value is -0.620. The molecular weight excluding hydrogens is 218 g/mol. The molecule has 0 aromatic rings. The maximum Gasteiger partial charge on any atom is 0.307 e. The van der Waals surface area contributed by atoms with Crippen LogP contribution in [0.3, 0.4) is 0 Å². The molecule has 1 N–H and O–H groups in total. The molecule has 0 aromatic carbocycles. The summed E-state index contributed by atoms with van der Waals surface area (Å²) in [6.45, 7) is 4.33. The highest BCUT2D eigenvalue weighted by atomic mass is 32.2. The summed E-state index contributed by atoms with van der Waals surface area (Å²) in [5, 5.41) is 8.76. The van der Waals surface area contributed by atoms with Gasteiger partial charge in [-0.3, -0.25) is 9.69 Å². The second-order valence-corrected chi connectivity index (χ2v) is 6.43. The first-order valence-corrected chi connectivity index (χ1v) is 6.81. The van der Waals surface area contributed by atoms with Crippen molar-refractivity contribution in [2.45, 2.75) is 19.9 Å². The minimum atomic E-state index is -2.91. The van der Waals surface area contributed by atoms with Crippen molar-refractivity contribution < 1.29 is 18.3 Å². The molecule has 0 aliphatic carbocycles. The van der Waals surface area contributed by atoms with Crippen LogP contribution in [0.1, 0.15) is 13.8 Å². The number of aliphatic carboxylic acids is 1. The number of hydrogen-bond acceptors (Lipinski definition) is 4. The van der Waals surface area contributed by atoms with Gasteiger partial charge in [-0.2, -0.15) is 0 Å². The monoisotopic (exact) mass is 235 g/mol. The standard InChI is InChI=1S/C9H17NO4S/c1-7(9(11)12)5-10-3-4-15(13,14)6-8(10)2/h7-8H,3-6H2,1-2H3,(H,11,12). The minimum Gasteiger partial charge on any atom is -0.481 e. The van der Waals surface area contributed by atoms with Crippen molar-refractivity contribution in [3.8, 4) is 0 Å². The summed E-state index contributed by atoms with van der Waals surface area (Å²) in [6.07, 6.45) is 0. The predicted molar refractivity (Wildman–Crippen MR) is 56.5 cm³/mol. The number of sulfone groups is 1. The molecule has 5 nitrogen and oxygen atoms in total. The van der Waals surface area contributed by atoms with Crippen molar-refractivity contribution in [3.05, 3.63) is 0 Å². The van der Waals surface area contributed by atoms with Gasteiger partial charge in [0.2, 0.25) is 0 Å². The van der Waals surface area contributed by atoms with E-state index in [0.717, 1.165) is 0 Å². The second-order valence-electron chi connectivity index (χ2n) is 4.20. The van der Waals surface area contributed by atoms with E-state index in [0.29, 0.717) is 13.1 Å². The fraction of sp³-hybridized carbons (Fsp3) is 0.889. The van der Waals surface area contributed by atoms with E-state index in [4.69, 9.17) is 5.11 Å². The zero-order valence-electron chi connectivity index (χ0n) is 9.01. The van der Waals surface area contributed by atoms with Crippen LogP contribution in [0, 0.1) is 5.92 Å². The Bertz CT molecular complexity index is 338. The van der Waals surface area contributed by atoms with Crippen LogP contribution in [0.25, 0.3) is 0 Å². The number of hydrogen-bond donors (Lipinski definition) is 1. The van der Waals surface area contributed by atoms with Crippen molar-refractivity contribution in [1.82, 2.24) is 4.90 Å². The van der Waals surface area contributed by atoms with Crippen LogP contribution in [0.15, 0.2) is 0 Å². The Kier molecular flexibility index (Phi) is 3.72. The highest BCUT2D eigenvalue weighted by molar-refractivity contribution is 7.91. The molecule has 0 bridgehead atoms. The van der Waals surface area contributed by atoms with Crippen molar-refractivity contribution in [2.75, 3.05) is 24.6 Å². The molecule has 0 aromatic heterocycles. The lowest BCUT2D eigenvalue weighted by atomic mass is 10.1. The Morgan fingerprint density at radius 2 is 2.20 bits per heavy atom. The van der Waals surface area contributed by atoms with Crippen LogP contribution in [0.4, 0.5) is 0 Å². The van der Waals surface area contributed by atoms with E-state index < -0.39 is 21.7 Å². The van der Waals surface area contributed by atoms with E-state index >= 15 is 0 Å². The van der Waals surface area contributed by atoms with Gasteiger partial charge in [0.05, 0.1) is 17.4 Å². The zero-order valence-corrected chi connectivity index (χ0v) is 9.83. The summed E-state index contributed by atoms with van der Waals surface area (Å²) >= 11 is 0. The lowest BCUT2D eigenvalue weighted by Gasteiger charge is -2.33. The molecule has 0 spiro atoms. The number of nitrogens with zero attached hydrogens (tertiary/aromatic N) is 1. The third-order valence-corrected chi connectivity index (χ3v) is 4.53. The quantitative estimate of drug-likeness (QED) is 0.735. The molecule has 0 saturated carbocycles. The predicted octanol–water partition coefficient (Wildman–Crippen LogP) is -0.174. The van der Waals surface area contributed by atoms with Crippen LogP contribution in [0.2, 0.25) is 0 Å². The molecule has 1 fully saturated rings. The lowest BCUT2D eigenvalue weighted by Crippen LogP contribution is -2.49. The highest BCUT2D eigenvalue weighted by Crippen LogP contribution is 2.13. The molecule has 1 heterocycles. The first-order chi connectivity index (χ1) is 6.82. The van der Waals surface area contributed by atoms with Crippen LogP contribution in [-0.2, 0) is 14.6 Å². The largest absolute Gasteiger partial charge is 0.481 e. The maximum absolute atomic E-state index is 11.3. The first-order valence-electron chi connectivity index (χ1n) is 4.99. The van der Waals surface area contributed by atoms with Gasteiger partial charge in [0.1, 0.15) is 0 Å². The third-order valence-electron chi connectivity index (χ3n) is 2.74. The highest BCUT2D eigenvalue weighted by Gasteiger charge is 2.29. The third kappa shape index (κ3) is 3.46. The lowest BCUT2D eigenvalue weighted by molar-refractivity contribution is -0.141. The summed E-state index contributed by atoms with van der Waals surface area (Å²) < 4.78 is 22.6. The van der Waals surface area contributed by atoms with Crippen LogP contribution in [-0.4, -0.2) is 55.0 Å².